The molecule has 4 aromatic rings. The number of carboxylic acid groups (broad SMARTS) is 1. The molecule has 0 saturated heterocycles. The van der Waals surface area contributed by atoms with Gasteiger partial charge in [-0.05, 0) is 132 Å². The number of anilines is 1. The molecule has 62 heavy (non-hydrogen) atoms. The van der Waals surface area contributed by atoms with E-state index in [1.165, 1.54) is 12.1 Å². The molecule has 0 saturated carbocycles. The maximum atomic E-state index is 12.0. The third-order valence-electron chi connectivity index (χ3n) is 12.1. The topological polar surface area (TPSA) is 213 Å². The van der Waals surface area contributed by atoms with Crippen molar-refractivity contribution in [1.82, 2.24) is 0 Å². The summed E-state index contributed by atoms with van der Waals surface area (Å²) >= 11 is 0. The highest BCUT2D eigenvalue weighted by Gasteiger charge is 2.44. The number of aliphatic carboxylic acids is 1. The molecule has 2 unspecified atom stereocenters. The Kier molecular flexibility index (Phi) is 15.3. The number of hydrogen-bond acceptors (Lipinski definition) is 9. The fourth-order valence-corrected chi connectivity index (χ4v) is 10.5. The van der Waals surface area contributed by atoms with E-state index in [1.807, 2.05) is 38.1 Å². The van der Waals surface area contributed by atoms with Crippen LogP contribution in [-0.4, -0.2) is 81.8 Å². The van der Waals surface area contributed by atoms with Crippen LogP contribution in [0.15, 0.2) is 102 Å². The SMILES string of the molecule is C=C(/C=C/C=C1/N(CCCCCC(=O)O)c2ccc3cc(CCOC)ccc3c2C1(C)CCCS(=O)(=O)O)C(C)(CCCS(=O)(=O)O)c1c(C)ccc2cc(S(=O)(=O)O)ccc12. The van der Waals surface area contributed by atoms with E-state index in [-0.39, 0.29) is 30.6 Å². The number of carbonyl (C=O) groups is 1. The second kappa shape index (κ2) is 19.5. The molecule has 0 amide bonds. The lowest BCUT2D eigenvalue weighted by atomic mass is 9.70. The lowest BCUT2D eigenvalue weighted by Gasteiger charge is -2.34. The molecule has 5 rings (SSSR count). The molecule has 0 bridgehead atoms. The quantitative estimate of drug-likeness (QED) is 0.0330. The van der Waals surface area contributed by atoms with Crippen LogP contribution >= 0.6 is 0 Å². The number of unbranched alkanes of at least 4 members (excludes halogenated alkanes) is 2. The van der Waals surface area contributed by atoms with Crippen LogP contribution in [0, 0.1) is 6.92 Å². The van der Waals surface area contributed by atoms with Crippen LogP contribution in [0.5, 0.6) is 0 Å². The van der Waals surface area contributed by atoms with Crippen molar-refractivity contribution < 1.29 is 53.5 Å². The number of nitrogens with zero attached hydrogens (tertiary/aromatic N) is 1. The zero-order valence-electron chi connectivity index (χ0n) is 35.6. The second-order valence-electron chi connectivity index (χ2n) is 16.6. The Morgan fingerprint density at radius 2 is 1.52 bits per heavy atom. The van der Waals surface area contributed by atoms with Crippen molar-refractivity contribution >= 4 is 63.6 Å². The molecule has 0 aliphatic carbocycles. The van der Waals surface area contributed by atoms with Gasteiger partial charge in [0.05, 0.1) is 23.0 Å². The zero-order chi connectivity index (χ0) is 45.7. The molecule has 1 heterocycles. The molecule has 336 valence electrons. The Bertz CT molecular complexity index is 2740. The van der Waals surface area contributed by atoms with Crippen molar-refractivity contribution in [2.75, 3.05) is 36.7 Å². The van der Waals surface area contributed by atoms with Crippen molar-refractivity contribution in [3.63, 3.8) is 0 Å². The van der Waals surface area contributed by atoms with Crippen molar-refractivity contribution in [2.24, 2.45) is 0 Å². The molecule has 4 aromatic carbocycles. The summed E-state index contributed by atoms with van der Waals surface area (Å²) < 4.78 is 106. The van der Waals surface area contributed by atoms with Crippen molar-refractivity contribution in [1.29, 1.82) is 0 Å². The van der Waals surface area contributed by atoms with Crippen LogP contribution in [-0.2, 0) is 57.1 Å². The minimum atomic E-state index is -4.50. The average molecular weight is 912 g/mol. The lowest BCUT2D eigenvalue weighted by Crippen LogP contribution is -2.30. The molecule has 1 aliphatic heterocycles. The summed E-state index contributed by atoms with van der Waals surface area (Å²) in [5.41, 5.74) is 4.32. The molecule has 1 aliphatic rings. The monoisotopic (exact) mass is 911 g/mol. The largest absolute Gasteiger partial charge is 0.481 e. The molecule has 0 radical (unpaired) electrons. The molecular weight excluding hydrogens is 855 g/mol. The molecule has 0 aromatic heterocycles. The van der Waals surface area contributed by atoms with E-state index in [2.05, 4.69) is 48.7 Å². The third-order valence-corrected chi connectivity index (χ3v) is 14.6. The summed E-state index contributed by atoms with van der Waals surface area (Å²) in [7, 11) is -11.4. The maximum absolute atomic E-state index is 12.0. The molecule has 0 fully saturated rings. The number of rotatable bonds is 22. The van der Waals surface area contributed by atoms with Crippen LogP contribution in [0.4, 0.5) is 5.69 Å². The van der Waals surface area contributed by atoms with Crippen LogP contribution < -0.4 is 4.90 Å². The first-order chi connectivity index (χ1) is 29.0. The molecule has 4 N–H and O–H groups in total. The van der Waals surface area contributed by atoms with Gasteiger partial charge in [-0.1, -0.05) is 74.5 Å². The summed E-state index contributed by atoms with van der Waals surface area (Å²) in [6, 6.07) is 18.2. The number of hydrogen-bond donors (Lipinski definition) is 4. The fraction of sp³-hybridized carbons (Fsp3) is 0.413. The van der Waals surface area contributed by atoms with E-state index >= 15 is 0 Å². The molecule has 2 atom stereocenters. The normalized spacial score (nSPS) is 17.6. The van der Waals surface area contributed by atoms with E-state index < -0.39 is 58.7 Å². The highest BCUT2D eigenvalue weighted by Crippen LogP contribution is 2.53. The van der Waals surface area contributed by atoms with Gasteiger partial charge in [-0.2, -0.15) is 25.3 Å². The first-order valence-electron chi connectivity index (χ1n) is 20.5. The molecule has 0 spiro atoms. The number of methoxy groups -OCH3 is 1. The number of allylic oxidation sites excluding steroid dienone is 5. The Morgan fingerprint density at radius 1 is 0.855 bits per heavy atom. The van der Waals surface area contributed by atoms with Gasteiger partial charge >= 0.3 is 5.97 Å². The highest BCUT2D eigenvalue weighted by molar-refractivity contribution is 7.86. The Hall–Kier alpha value is -4.42. The van der Waals surface area contributed by atoms with Gasteiger partial charge in [0.15, 0.2) is 0 Å². The zero-order valence-corrected chi connectivity index (χ0v) is 38.1. The molecule has 13 nitrogen and oxygen atoms in total. The number of carboxylic acids is 1. The fourth-order valence-electron chi connectivity index (χ4n) is 9.01. The standard InChI is InChI=1S/C46H57NO12S3/c1-32-15-17-36-31-37(62(56,57)58)19-21-38(36)43(32)45(3,24-10-28-60(50,51)52)33(2)12-9-13-41-46(4,25-11-29-61(53,54)55)44-39-20-16-34(23-27-59-5)30-35(39)18-22-40(44)47(41)26-8-6-7-14-42(48)49/h9,12-13,15-22,30-31H,2,6-8,10-11,14,23-29H2,1,3-5H3,(H,48,49)(H,50,51,52)(H,53,54,55)(H,56,57,58)/b12-9+,41-13+. The average Bonchev–Trinajstić information content (AvgIpc) is 3.41. The van der Waals surface area contributed by atoms with Gasteiger partial charge in [-0.25, -0.2) is 0 Å². The lowest BCUT2D eigenvalue weighted by molar-refractivity contribution is -0.137. The first-order valence-corrected chi connectivity index (χ1v) is 25.2. The van der Waals surface area contributed by atoms with Gasteiger partial charge in [-0.3, -0.25) is 18.5 Å². The van der Waals surface area contributed by atoms with Crippen LogP contribution in [0.2, 0.25) is 0 Å². The first kappa shape index (κ1) is 48.6. The van der Waals surface area contributed by atoms with E-state index in [1.54, 1.807) is 19.2 Å². The summed E-state index contributed by atoms with van der Waals surface area (Å²) in [6.45, 7) is 11.4. The molecule has 16 heteroatoms. The van der Waals surface area contributed by atoms with Gasteiger partial charge < -0.3 is 14.7 Å². The van der Waals surface area contributed by atoms with Gasteiger partial charge in [-0.15, -0.1) is 0 Å². The summed E-state index contributed by atoms with van der Waals surface area (Å²) in [6.07, 6.45) is 9.05. The summed E-state index contributed by atoms with van der Waals surface area (Å²) in [5.74, 6) is -1.79. The van der Waals surface area contributed by atoms with Crippen LogP contribution in [0.1, 0.15) is 87.5 Å². The Labute approximate surface area is 365 Å². The number of fused-ring (bicyclic) bond motifs is 4. The summed E-state index contributed by atoms with van der Waals surface area (Å²) in [4.78, 5) is 13.2. The second-order valence-corrected chi connectivity index (χ2v) is 21.2. The highest BCUT2D eigenvalue weighted by atomic mass is 32.2. The van der Waals surface area contributed by atoms with Crippen molar-refractivity contribution in [3.05, 3.63) is 119 Å². The predicted octanol–water partition coefficient (Wildman–Crippen LogP) is 8.75. The smallest absolute Gasteiger partial charge is 0.303 e. The van der Waals surface area contributed by atoms with E-state index in [0.717, 1.165) is 50.8 Å². The van der Waals surface area contributed by atoms with E-state index in [4.69, 9.17) is 4.74 Å². The maximum Gasteiger partial charge on any atom is 0.303 e. The van der Waals surface area contributed by atoms with Crippen molar-refractivity contribution in [2.45, 2.75) is 94.3 Å². The van der Waals surface area contributed by atoms with E-state index in [9.17, 15) is 48.8 Å². The van der Waals surface area contributed by atoms with Gasteiger partial charge in [0.25, 0.3) is 30.4 Å². The van der Waals surface area contributed by atoms with Crippen LogP contribution in [0.25, 0.3) is 21.5 Å². The van der Waals surface area contributed by atoms with Gasteiger partial charge in [0.2, 0.25) is 0 Å². The third kappa shape index (κ3) is 11.6. The van der Waals surface area contributed by atoms with Gasteiger partial charge in [0.1, 0.15) is 0 Å². The number of ether oxygens (including phenoxy) is 1. The van der Waals surface area contributed by atoms with Crippen molar-refractivity contribution in [3.8, 4) is 0 Å². The Balaban J connectivity index is 1.66. The minimum Gasteiger partial charge on any atom is -0.481 e. The predicted molar refractivity (Wildman–Crippen MR) is 244 cm³/mol. The Morgan fingerprint density at radius 3 is 2.18 bits per heavy atom. The number of aryl methyl sites for hydroxylation is 1. The molecular formula is C46H57NO12S3. The van der Waals surface area contributed by atoms with Crippen LogP contribution in [0.3, 0.4) is 0 Å². The summed E-state index contributed by atoms with van der Waals surface area (Å²) in [5, 5.41) is 12.5. The minimum absolute atomic E-state index is 0.0500. The van der Waals surface area contributed by atoms with E-state index in [0.29, 0.717) is 55.2 Å². The van der Waals surface area contributed by atoms with Gasteiger partial charge in [0, 0.05) is 42.3 Å². The number of benzene rings is 4.